The Balaban J connectivity index is 1.93. The van der Waals surface area contributed by atoms with Gasteiger partial charge in [0.1, 0.15) is 11.5 Å². The first-order valence-corrected chi connectivity index (χ1v) is 6.41. The number of carbonyl (C=O) groups is 1. The van der Waals surface area contributed by atoms with E-state index in [0.717, 1.165) is 30.9 Å². The van der Waals surface area contributed by atoms with Gasteiger partial charge in [0.15, 0.2) is 0 Å². The van der Waals surface area contributed by atoms with Crippen LogP contribution in [0.1, 0.15) is 5.56 Å². The second-order valence-corrected chi connectivity index (χ2v) is 4.68. The van der Waals surface area contributed by atoms with Gasteiger partial charge in [-0.2, -0.15) is 0 Å². The fourth-order valence-electron chi connectivity index (χ4n) is 2.01. The number of nitrogens with one attached hydrogen (secondary N) is 2. The second-order valence-electron chi connectivity index (χ2n) is 4.68. The fourth-order valence-corrected chi connectivity index (χ4v) is 2.01. The van der Waals surface area contributed by atoms with E-state index < -0.39 is 0 Å². The number of hydrogen-bond donors (Lipinski definition) is 2. The molecule has 0 unspecified atom stereocenters. The summed E-state index contributed by atoms with van der Waals surface area (Å²) in [4.78, 5) is 11.9. The summed E-state index contributed by atoms with van der Waals surface area (Å²) in [5.74, 6) is 2.02. The predicted molar refractivity (Wildman–Crippen MR) is 72.6 cm³/mol. The Hall–Kier alpha value is -1.75. The summed E-state index contributed by atoms with van der Waals surface area (Å²) >= 11 is 0. The first-order chi connectivity index (χ1) is 9.22. The molecule has 0 aliphatic carbocycles. The average molecular weight is 264 g/mol. The molecule has 0 aromatic heterocycles. The number of hydrogen-bond acceptors (Lipinski definition) is 4. The van der Waals surface area contributed by atoms with Gasteiger partial charge in [-0.05, 0) is 18.2 Å². The van der Waals surface area contributed by atoms with Crippen LogP contribution in [0, 0.1) is 5.92 Å². The van der Waals surface area contributed by atoms with E-state index in [4.69, 9.17) is 9.47 Å². The highest BCUT2D eigenvalue weighted by atomic mass is 16.5. The summed E-state index contributed by atoms with van der Waals surface area (Å²) in [6.07, 6.45) is 0.306. The van der Waals surface area contributed by atoms with Crippen LogP contribution in [0.5, 0.6) is 11.5 Å². The summed E-state index contributed by atoms with van der Waals surface area (Å²) in [6.45, 7) is 2.71. The molecule has 0 spiro atoms. The van der Waals surface area contributed by atoms with E-state index in [-0.39, 0.29) is 5.91 Å². The Labute approximate surface area is 113 Å². The maximum absolute atomic E-state index is 11.9. The average Bonchev–Trinajstić information content (AvgIpc) is 2.36. The maximum atomic E-state index is 11.9. The number of amides is 1. The van der Waals surface area contributed by atoms with Gasteiger partial charge in [-0.25, -0.2) is 0 Å². The van der Waals surface area contributed by atoms with Gasteiger partial charge in [-0.15, -0.1) is 0 Å². The highest BCUT2D eigenvalue weighted by Crippen LogP contribution is 2.24. The van der Waals surface area contributed by atoms with Crippen molar-refractivity contribution in [1.82, 2.24) is 10.6 Å². The molecule has 1 aliphatic rings. The van der Waals surface area contributed by atoms with Crippen LogP contribution < -0.4 is 20.1 Å². The molecule has 1 amide bonds. The zero-order valence-corrected chi connectivity index (χ0v) is 11.4. The Morgan fingerprint density at radius 1 is 1.37 bits per heavy atom. The molecular formula is C14H20N2O3. The van der Waals surface area contributed by atoms with Gasteiger partial charge in [0.25, 0.3) is 0 Å². The molecule has 0 atom stereocenters. The summed E-state index contributed by atoms with van der Waals surface area (Å²) in [7, 11) is 3.21. The normalized spacial score (nSPS) is 14.6. The quantitative estimate of drug-likeness (QED) is 0.789. The molecule has 1 saturated heterocycles. The van der Waals surface area contributed by atoms with E-state index in [9.17, 15) is 4.79 Å². The molecule has 5 heteroatoms. The Morgan fingerprint density at radius 2 is 2.16 bits per heavy atom. The van der Waals surface area contributed by atoms with Gasteiger partial charge in [-0.1, -0.05) is 0 Å². The first kappa shape index (κ1) is 13.7. The van der Waals surface area contributed by atoms with Gasteiger partial charge < -0.3 is 20.1 Å². The zero-order chi connectivity index (χ0) is 13.7. The van der Waals surface area contributed by atoms with Gasteiger partial charge in [0.2, 0.25) is 5.91 Å². The van der Waals surface area contributed by atoms with E-state index in [1.165, 1.54) is 0 Å². The number of ether oxygens (including phenoxy) is 2. The third kappa shape index (κ3) is 3.61. The molecule has 1 fully saturated rings. The number of methoxy groups -OCH3 is 2. The Kier molecular flexibility index (Phi) is 4.63. The predicted octanol–water partition coefficient (Wildman–Crippen LogP) is 0.582. The summed E-state index contributed by atoms with van der Waals surface area (Å²) in [5, 5.41) is 6.13. The van der Waals surface area contributed by atoms with Crippen molar-refractivity contribution < 1.29 is 14.3 Å². The van der Waals surface area contributed by atoms with Gasteiger partial charge >= 0.3 is 0 Å². The van der Waals surface area contributed by atoms with Crippen LogP contribution in [0.2, 0.25) is 0 Å². The van der Waals surface area contributed by atoms with Crippen molar-refractivity contribution in [2.45, 2.75) is 6.42 Å². The molecular weight excluding hydrogens is 244 g/mol. The highest BCUT2D eigenvalue weighted by molar-refractivity contribution is 5.79. The summed E-state index contributed by atoms with van der Waals surface area (Å²) < 4.78 is 10.4. The lowest BCUT2D eigenvalue weighted by atomic mass is 10.0. The molecule has 104 valence electrons. The van der Waals surface area contributed by atoms with Crippen molar-refractivity contribution in [3.8, 4) is 11.5 Å². The third-order valence-corrected chi connectivity index (χ3v) is 3.29. The van der Waals surface area contributed by atoms with Gasteiger partial charge in [-0.3, -0.25) is 4.79 Å². The minimum Gasteiger partial charge on any atom is -0.497 e. The number of rotatable bonds is 6. The van der Waals surface area contributed by atoms with E-state index >= 15 is 0 Å². The van der Waals surface area contributed by atoms with E-state index in [2.05, 4.69) is 10.6 Å². The SMILES string of the molecule is COc1ccc(OC)c(CC(=O)NCC2CNC2)c1. The molecule has 1 aliphatic heterocycles. The van der Waals surface area contributed by atoms with E-state index in [1.807, 2.05) is 18.2 Å². The lowest BCUT2D eigenvalue weighted by molar-refractivity contribution is -0.120. The van der Waals surface area contributed by atoms with Crippen LogP contribution in [0.3, 0.4) is 0 Å². The van der Waals surface area contributed by atoms with Gasteiger partial charge in [0, 0.05) is 31.1 Å². The Morgan fingerprint density at radius 3 is 2.74 bits per heavy atom. The second kappa shape index (κ2) is 6.43. The molecule has 0 bridgehead atoms. The van der Waals surface area contributed by atoms with Crippen LogP contribution in [0.4, 0.5) is 0 Å². The zero-order valence-electron chi connectivity index (χ0n) is 11.4. The van der Waals surface area contributed by atoms with Gasteiger partial charge in [0.05, 0.1) is 20.6 Å². The standard InChI is InChI=1S/C14H20N2O3/c1-18-12-3-4-13(19-2)11(5-12)6-14(17)16-9-10-7-15-8-10/h3-5,10,15H,6-9H2,1-2H3,(H,16,17). The smallest absolute Gasteiger partial charge is 0.224 e. The van der Waals surface area contributed by atoms with E-state index in [0.29, 0.717) is 18.1 Å². The van der Waals surface area contributed by atoms with Crippen molar-refractivity contribution in [2.75, 3.05) is 33.9 Å². The fraction of sp³-hybridized carbons (Fsp3) is 0.500. The van der Waals surface area contributed by atoms with E-state index in [1.54, 1.807) is 14.2 Å². The van der Waals surface area contributed by atoms with Crippen LogP contribution in [0.25, 0.3) is 0 Å². The van der Waals surface area contributed by atoms with Crippen LogP contribution >= 0.6 is 0 Å². The monoisotopic (exact) mass is 264 g/mol. The van der Waals surface area contributed by atoms with Crippen LogP contribution in [0.15, 0.2) is 18.2 Å². The number of benzene rings is 1. The summed E-state index contributed by atoms with van der Waals surface area (Å²) in [5.41, 5.74) is 0.839. The molecule has 0 saturated carbocycles. The van der Waals surface area contributed by atoms with Crippen molar-refractivity contribution in [1.29, 1.82) is 0 Å². The minimum absolute atomic E-state index is 0.0125. The Bertz CT molecular complexity index is 444. The van der Waals surface area contributed by atoms with Crippen molar-refractivity contribution in [3.05, 3.63) is 23.8 Å². The topological polar surface area (TPSA) is 59.6 Å². The molecule has 19 heavy (non-hydrogen) atoms. The van der Waals surface area contributed by atoms with Crippen molar-refractivity contribution >= 4 is 5.91 Å². The number of carbonyl (C=O) groups excluding carboxylic acids is 1. The van der Waals surface area contributed by atoms with Crippen molar-refractivity contribution in [2.24, 2.45) is 5.92 Å². The lowest BCUT2D eigenvalue weighted by Gasteiger charge is -2.27. The third-order valence-electron chi connectivity index (χ3n) is 3.29. The molecule has 2 N–H and O–H groups in total. The molecule has 1 aromatic rings. The molecule has 2 rings (SSSR count). The molecule has 1 aromatic carbocycles. The molecule has 1 heterocycles. The first-order valence-electron chi connectivity index (χ1n) is 6.41. The molecule has 0 radical (unpaired) electrons. The van der Waals surface area contributed by atoms with Crippen molar-refractivity contribution in [3.63, 3.8) is 0 Å². The largest absolute Gasteiger partial charge is 0.497 e. The summed E-state index contributed by atoms with van der Waals surface area (Å²) in [6, 6.07) is 5.47. The van der Waals surface area contributed by atoms with Crippen LogP contribution in [-0.2, 0) is 11.2 Å². The highest BCUT2D eigenvalue weighted by Gasteiger charge is 2.17. The minimum atomic E-state index is 0.0125. The maximum Gasteiger partial charge on any atom is 0.224 e. The molecule has 5 nitrogen and oxygen atoms in total. The van der Waals surface area contributed by atoms with Crippen LogP contribution in [-0.4, -0.2) is 39.8 Å². The lowest BCUT2D eigenvalue weighted by Crippen LogP contribution is -2.48.